The van der Waals surface area contributed by atoms with E-state index in [-0.39, 0.29) is 11.7 Å². The van der Waals surface area contributed by atoms with Gasteiger partial charge < -0.3 is 10.0 Å². The number of benzene rings is 1. The summed E-state index contributed by atoms with van der Waals surface area (Å²) in [5, 5.41) is 10.4. The number of amides is 1. The number of β-amino-alcohol motifs (C(OH)–C–C–N with tert-alkyl or cyclic N) is 1. The van der Waals surface area contributed by atoms with Gasteiger partial charge >= 0.3 is 0 Å². The number of hydrogen-bond acceptors (Lipinski definition) is 3. The van der Waals surface area contributed by atoms with Crippen molar-refractivity contribution in [3.63, 3.8) is 0 Å². The highest BCUT2D eigenvalue weighted by molar-refractivity contribution is 6.31. The molecular weight excluding hydrogens is 295 g/mol. The summed E-state index contributed by atoms with van der Waals surface area (Å²) >= 11 is 5.98. The summed E-state index contributed by atoms with van der Waals surface area (Å²) in [7, 11) is 1.86. The molecule has 0 bridgehead atoms. The second-order valence-corrected chi connectivity index (χ2v) is 5.94. The Morgan fingerprint density at radius 1 is 1.52 bits per heavy atom. The number of aliphatic hydroxyl groups is 1. The van der Waals surface area contributed by atoms with E-state index in [1.165, 1.54) is 12.1 Å². The van der Waals surface area contributed by atoms with Crippen molar-refractivity contribution in [2.45, 2.75) is 25.5 Å². The number of carbonyl (C=O) groups is 1. The van der Waals surface area contributed by atoms with Gasteiger partial charge in [0.05, 0.1) is 6.10 Å². The molecule has 1 aliphatic heterocycles. The minimum Gasteiger partial charge on any atom is -0.390 e. The molecule has 6 heteroatoms. The third-order valence-electron chi connectivity index (χ3n) is 3.58. The highest BCUT2D eigenvalue weighted by Crippen LogP contribution is 2.19. The number of aliphatic hydroxyl groups excluding tert-OH is 1. The molecular formula is C15H20ClFN2O2. The Morgan fingerprint density at radius 2 is 2.29 bits per heavy atom. The Balaban J connectivity index is 1.83. The van der Waals surface area contributed by atoms with Gasteiger partial charge in [0.15, 0.2) is 0 Å². The number of likely N-dealkylation sites (N-methyl/N-ethyl adjacent to an activating group) is 1. The van der Waals surface area contributed by atoms with Crippen LogP contribution in [0.25, 0.3) is 0 Å². The molecule has 1 aromatic carbocycles. The lowest BCUT2D eigenvalue weighted by molar-refractivity contribution is -0.129. The average molecular weight is 315 g/mol. The monoisotopic (exact) mass is 314 g/mol. The predicted octanol–water partition coefficient (Wildman–Crippen LogP) is 1.89. The number of likely N-dealkylation sites (tertiary alicyclic amines) is 1. The fourth-order valence-corrected chi connectivity index (χ4v) is 2.80. The van der Waals surface area contributed by atoms with Gasteiger partial charge in [0, 0.05) is 37.6 Å². The van der Waals surface area contributed by atoms with Gasteiger partial charge in [-0.3, -0.25) is 9.69 Å². The van der Waals surface area contributed by atoms with Crippen LogP contribution in [0, 0.1) is 5.82 Å². The normalized spacial score (nSPS) is 16.8. The van der Waals surface area contributed by atoms with Crippen molar-refractivity contribution in [3.05, 3.63) is 34.6 Å². The van der Waals surface area contributed by atoms with Crippen LogP contribution in [-0.2, 0) is 11.3 Å². The highest BCUT2D eigenvalue weighted by atomic mass is 35.5. The van der Waals surface area contributed by atoms with Gasteiger partial charge in [-0.15, -0.1) is 0 Å². The summed E-state index contributed by atoms with van der Waals surface area (Å²) in [6.07, 6.45) is 0.844. The third kappa shape index (κ3) is 4.66. The van der Waals surface area contributed by atoms with E-state index in [9.17, 15) is 14.3 Å². The zero-order valence-electron chi connectivity index (χ0n) is 12.1. The van der Waals surface area contributed by atoms with E-state index in [1.807, 2.05) is 11.9 Å². The van der Waals surface area contributed by atoms with Gasteiger partial charge in [-0.05, 0) is 31.2 Å². The third-order valence-corrected chi connectivity index (χ3v) is 3.93. The molecule has 1 N–H and O–H groups in total. The number of rotatable bonds is 6. The van der Waals surface area contributed by atoms with E-state index >= 15 is 0 Å². The maximum absolute atomic E-state index is 13.0. The first-order valence-corrected chi connectivity index (χ1v) is 7.42. The predicted molar refractivity (Wildman–Crippen MR) is 79.6 cm³/mol. The SMILES string of the molecule is CN(Cc1ccc(F)cc1Cl)CC(O)CN1CCCC1=O. The molecule has 0 spiro atoms. The highest BCUT2D eigenvalue weighted by Gasteiger charge is 2.23. The van der Waals surface area contributed by atoms with E-state index in [0.717, 1.165) is 18.5 Å². The summed E-state index contributed by atoms with van der Waals surface area (Å²) < 4.78 is 13.0. The number of carbonyl (C=O) groups excluding carboxylic acids is 1. The first-order valence-electron chi connectivity index (χ1n) is 7.04. The van der Waals surface area contributed by atoms with E-state index in [4.69, 9.17) is 11.6 Å². The van der Waals surface area contributed by atoms with Crippen LogP contribution in [0.2, 0.25) is 5.02 Å². The van der Waals surface area contributed by atoms with Crippen molar-refractivity contribution >= 4 is 17.5 Å². The Bertz CT molecular complexity index is 512. The molecule has 4 nitrogen and oxygen atoms in total. The maximum Gasteiger partial charge on any atom is 0.222 e. The van der Waals surface area contributed by atoms with Gasteiger partial charge in [0.25, 0.3) is 0 Å². The molecule has 0 aromatic heterocycles. The van der Waals surface area contributed by atoms with Crippen molar-refractivity contribution < 1.29 is 14.3 Å². The van der Waals surface area contributed by atoms with Gasteiger partial charge in [-0.25, -0.2) is 4.39 Å². The van der Waals surface area contributed by atoms with E-state index in [0.29, 0.717) is 31.1 Å². The first kappa shape index (κ1) is 16.2. The molecule has 2 rings (SSSR count). The molecule has 1 fully saturated rings. The van der Waals surface area contributed by atoms with E-state index in [1.54, 1.807) is 11.0 Å². The van der Waals surface area contributed by atoms with Crippen LogP contribution < -0.4 is 0 Å². The minimum atomic E-state index is -0.601. The maximum atomic E-state index is 13.0. The molecule has 0 radical (unpaired) electrons. The van der Waals surface area contributed by atoms with Crippen LogP contribution in [0.15, 0.2) is 18.2 Å². The zero-order chi connectivity index (χ0) is 15.4. The van der Waals surface area contributed by atoms with Crippen molar-refractivity contribution in [1.82, 2.24) is 9.80 Å². The topological polar surface area (TPSA) is 43.8 Å². The molecule has 0 saturated carbocycles. The van der Waals surface area contributed by atoms with Crippen LogP contribution in [0.1, 0.15) is 18.4 Å². The average Bonchev–Trinajstić information content (AvgIpc) is 2.78. The summed E-state index contributed by atoms with van der Waals surface area (Å²) in [6, 6.07) is 4.29. The van der Waals surface area contributed by atoms with E-state index in [2.05, 4.69) is 0 Å². The summed E-state index contributed by atoms with van der Waals surface area (Å²) in [5.41, 5.74) is 0.810. The lowest BCUT2D eigenvalue weighted by Crippen LogP contribution is -2.39. The van der Waals surface area contributed by atoms with Crippen LogP contribution >= 0.6 is 11.6 Å². The molecule has 21 heavy (non-hydrogen) atoms. The quantitative estimate of drug-likeness (QED) is 0.872. The molecule has 1 aromatic rings. The zero-order valence-corrected chi connectivity index (χ0v) is 12.8. The Kier molecular flexibility index (Phi) is 5.56. The Hall–Kier alpha value is -1.17. The fourth-order valence-electron chi connectivity index (χ4n) is 2.57. The lowest BCUT2D eigenvalue weighted by atomic mass is 10.2. The van der Waals surface area contributed by atoms with Crippen molar-refractivity contribution in [2.24, 2.45) is 0 Å². The molecule has 1 aliphatic rings. The second-order valence-electron chi connectivity index (χ2n) is 5.53. The van der Waals surface area contributed by atoms with Crippen LogP contribution in [-0.4, -0.2) is 53.6 Å². The molecule has 1 amide bonds. The summed E-state index contributed by atoms with van der Waals surface area (Å²) in [5.74, 6) is -0.253. The standard InChI is InChI=1S/C15H20ClFN2O2/c1-18(8-11-4-5-12(17)7-14(11)16)9-13(20)10-19-6-2-3-15(19)21/h4-5,7,13,20H,2-3,6,8-10H2,1H3. The molecule has 1 unspecified atom stereocenters. The number of halogens is 2. The molecule has 1 heterocycles. The fraction of sp³-hybridized carbons (Fsp3) is 0.533. The van der Waals surface area contributed by atoms with Gasteiger partial charge in [-0.2, -0.15) is 0 Å². The molecule has 1 saturated heterocycles. The first-order chi connectivity index (χ1) is 9.95. The second kappa shape index (κ2) is 7.20. The summed E-state index contributed by atoms with van der Waals surface area (Å²) in [4.78, 5) is 15.1. The largest absolute Gasteiger partial charge is 0.390 e. The van der Waals surface area contributed by atoms with Crippen molar-refractivity contribution in [3.8, 4) is 0 Å². The van der Waals surface area contributed by atoms with Crippen LogP contribution in [0.5, 0.6) is 0 Å². The summed E-state index contributed by atoms with van der Waals surface area (Å²) in [6.45, 7) is 2.03. The number of hydrogen-bond donors (Lipinski definition) is 1. The minimum absolute atomic E-state index is 0.110. The van der Waals surface area contributed by atoms with E-state index < -0.39 is 6.10 Å². The number of nitrogens with zero attached hydrogens (tertiary/aromatic N) is 2. The molecule has 116 valence electrons. The Labute approximate surface area is 129 Å². The molecule has 0 aliphatic carbocycles. The van der Waals surface area contributed by atoms with Crippen LogP contribution in [0.3, 0.4) is 0 Å². The van der Waals surface area contributed by atoms with Gasteiger partial charge in [-0.1, -0.05) is 17.7 Å². The van der Waals surface area contributed by atoms with Gasteiger partial charge in [0.2, 0.25) is 5.91 Å². The molecule has 1 atom stereocenters. The Morgan fingerprint density at radius 3 is 2.90 bits per heavy atom. The smallest absolute Gasteiger partial charge is 0.222 e. The van der Waals surface area contributed by atoms with Gasteiger partial charge in [0.1, 0.15) is 5.82 Å². The van der Waals surface area contributed by atoms with Crippen LogP contribution in [0.4, 0.5) is 4.39 Å². The van der Waals surface area contributed by atoms with Crippen molar-refractivity contribution in [2.75, 3.05) is 26.7 Å². The lowest BCUT2D eigenvalue weighted by Gasteiger charge is -2.24. The van der Waals surface area contributed by atoms with Crippen molar-refractivity contribution in [1.29, 1.82) is 0 Å².